The Balaban J connectivity index is 1.63. The molecule has 4 rings (SSSR count). The summed E-state index contributed by atoms with van der Waals surface area (Å²) in [5.74, 6) is -0.130. The van der Waals surface area contributed by atoms with Crippen LogP contribution in [0.25, 0.3) is 11.1 Å². The minimum Gasteiger partial charge on any atom is -0.465 e. The van der Waals surface area contributed by atoms with Gasteiger partial charge in [-0.25, -0.2) is 9.78 Å². The quantitative estimate of drug-likeness (QED) is 0.527. The van der Waals surface area contributed by atoms with Gasteiger partial charge in [-0.15, -0.1) is 0 Å². The van der Waals surface area contributed by atoms with Gasteiger partial charge in [0.25, 0.3) is 5.91 Å². The standard InChI is InChI=1S/C20H20BrN5O4/c1-11-6-12(8-23-7-11)26(20(28)29)16-4-5-22-9-15(16)25-19(27)14-2-3-17-18(24-14)13(21)10-30-17/h2-5,9-12,23H,6-8H2,1H3,(H,25,27)(H,28,29)/t11-,12+/m1/s1. The van der Waals surface area contributed by atoms with Crippen molar-refractivity contribution in [1.82, 2.24) is 15.3 Å². The van der Waals surface area contributed by atoms with Gasteiger partial charge in [0, 0.05) is 12.7 Å². The van der Waals surface area contributed by atoms with Gasteiger partial charge in [0.1, 0.15) is 17.5 Å². The molecule has 2 atom stereocenters. The first-order valence-corrected chi connectivity index (χ1v) is 10.3. The Labute approximate surface area is 180 Å². The SMILES string of the molecule is C[C@H]1CNC[C@@H](N(C(=O)O)c2ccncc2NC(=O)c2ccc3occ(Br)c3n2)C1. The number of hydrogen-bond acceptors (Lipinski definition) is 6. The fourth-order valence-electron chi connectivity index (χ4n) is 3.67. The number of carbonyl (C=O) groups excluding carboxylic acids is 1. The highest BCUT2D eigenvalue weighted by Crippen LogP contribution is 2.30. The van der Waals surface area contributed by atoms with Crippen molar-refractivity contribution in [2.45, 2.75) is 19.4 Å². The van der Waals surface area contributed by atoms with Crippen LogP contribution < -0.4 is 15.5 Å². The summed E-state index contributed by atoms with van der Waals surface area (Å²) in [4.78, 5) is 34.6. The smallest absolute Gasteiger partial charge is 0.412 e. The highest BCUT2D eigenvalue weighted by Gasteiger charge is 2.31. The van der Waals surface area contributed by atoms with Crippen molar-refractivity contribution in [3.63, 3.8) is 0 Å². The molecular weight excluding hydrogens is 454 g/mol. The summed E-state index contributed by atoms with van der Waals surface area (Å²) in [6, 6.07) is 4.54. The number of carbonyl (C=O) groups is 2. The molecule has 0 bridgehead atoms. The lowest BCUT2D eigenvalue weighted by molar-refractivity contribution is 0.102. The van der Waals surface area contributed by atoms with E-state index in [2.05, 4.69) is 43.5 Å². The summed E-state index contributed by atoms with van der Waals surface area (Å²) in [5.41, 5.74) is 1.93. The third kappa shape index (κ3) is 4.01. The molecule has 30 heavy (non-hydrogen) atoms. The molecule has 0 aromatic carbocycles. The Hall–Kier alpha value is -2.98. The molecule has 156 valence electrons. The largest absolute Gasteiger partial charge is 0.465 e. The number of nitrogens with one attached hydrogen (secondary N) is 2. The zero-order valence-corrected chi connectivity index (χ0v) is 17.7. The first kappa shape index (κ1) is 20.3. The molecule has 1 saturated heterocycles. The number of aromatic nitrogens is 2. The number of amides is 2. The van der Waals surface area contributed by atoms with Crippen LogP contribution in [0.1, 0.15) is 23.8 Å². The molecule has 0 spiro atoms. The second-order valence-corrected chi connectivity index (χ2v) is 8.13. The molecule has 4 heterocycles. The number of fused-ring (bicyclic) bond motifs is 1. The van der Waals surface area contributed by atoms with E-state index in [0.29, 0.717) is 39.4 Å². The van der Waals surface area contributed by atoms with Crippen molar-refractivity contribution < 1.29 is 19.1 Å². The number of pyridine rings is 2. The lowest BCUT2D eigenvalue weighted by Gasteiger charge is -2.36. The van der Waals surface area contributed by atoms with Crippen molar-refractivity contribution in [3.05, 3.63) is 47.0 Å². The first-order valence-electron chi connectivity index (χ1n) is 9.46. The molecule has 3 aromatic heterocycles. The molecule has 0 aliphatic carbocycles. The van der Waals surface area contributed by atoms with E-state index in [9.17, 15) is 14.7 Å². The molecule has 0 saturated carbocycles. The number of halogens is 1. The second-order valence-electron chi connectivity index (χ2n) is 7.28. The van der Waals surface area contributed by atoms with E-state index < -0.39 is 12.0 Å². The van der Waals surface area contributed by atoms with E-state index in [-0.39, 0.29) is 11.7 Å². The Morgan fingerprint density at radius 1 is 1.33 bits per heavy atom. The van der Waals surface area contributed by atoms with Crippen LogP contribution in [-0.2, 0) is 0 Å². The van der Waals surface area contributed by atoms with Crippen molar-refractivity contribution in [2.75, 3.05) is 23.3 Å². The summed E-state index contributed by atoms with van der Waals surface area (Å²) in [7, 11) is 0. The van der Waals surface area contributed by atoms with Crippen LogP contribution >= 0.6 is 15.9 Å². The molecule has 10 heteroatoms. The topological polar surface area (TPSA) is 121 Å². The first-order chi connectivity index (χ1) is 14.4. The van der Waals surface area contributed by atoms with Crippen LogP contribution in [0.15, 0.2) is 45.7 Å². The zero-order valence-electron chi connectivity index (χ0n) is 16.1. The van der Waals surface area contributed by atoms with Gasteiger partial charge in [-0.3, -0.25) is 14.7 Å². The molecule has 9 nitrogen and oxygen atoms in total. The van der Waals surface area contributed by atoms with E-state index in [0.717, 1.165) is 13.0 Å². The molecule has 1 aliphatic rings. The molecular formula is C20H20BrN5O4. The van der Waals surface area contributed by atoms with Crippen molar-refractivity contribution >= 4 is 50.4 Å². The van der Waals surface area contributed by atoms with Crippen LogP contribution in [0, 0.1) is 5.92 Å². The Kier molecular flexibility index (Phi) is 5.69. The van der Waals surface area contributed by atoms with Crippen LogP contribution in [0.4, 0.5) is 16.2 Å². The molecule has 1 aliphatic heterocycles. The maximum Gasteiger partial charge on any atom is 0.412 e. The molecule has 0 unspecified atom stereocenters. The number of anilines is 2. The van der Waals surface area contributed by atoms with Gasteiger partial charge in [-0.05, 0) is 53.0 Å². The third-order valence-corrected chi connectivity index (χ3v) is 5.59. The van der Waals surface area contributed by atoms with Gasteiger partial charge in [-0.1, -0.05) is 6.92 Å². The summed E-state index contributed by atoms with van der Waals surface area (Å²) in [6.45, 7) is 3.46. The Morgan fingerprint density at radius 2 is 2.17 bits per heavy atom. The molecule has 3 N–H and O–H groups in total. The average Bonchev–Trinajstić information content (AvgIpc) is 3.09. The van der Waals surface area contributed by atoms with Gasteiger partial charge < -0.3 is 20.2 Å². The van der Waals surface area contributed by atoms with Crippen molar-refractivity contribution in [3.8, 4) is 0 Å². The summed E-state index contributed by atoms with van der Waals surface area (Å²) in [5, 5.41) is 15.9. The molecule has 3 aromatic rings. The lowest BCUT2D eigenvalue weighted by Crippen LogP contribution is -2.51. The fraction of sp³-hybridized carbons (Fsp3) is 0.300. The predicted molar refractivity (Wildman–Crippen MR) is 115 cm³/mol. The number of rotatable bonds is 4. The Morgan fingerprint density at radius 3 is 2.93 bits per heavy atom. The minimum absolute atomic E-state index is 0.175. The average molecular weight is 474 g/mol. The van der Waals surface area contributed by atoms with E-state index in [1.165, 1.54) is 23.6 Å². The number of piperidine rings is 1. The number of hydrogen-bond donors (Lipinski definition) is 3. The third-order valence-electron chi connectivity index (χ3n) is 5.03. The monoisotopic (exact) mass is 473 g/mol. The predicted octanol–water partition coefficient (Wildman–Crippen LogP) is 3.72. The highest BCUT2D eigenvalue weighted by atomic mass is 79.9. The second kappa shape index (κ2) is 8.41. The van der Waals surface area contributed by atoms with Gasteiger partial charge in [-0.2, -0.15) is 0 Å². The number of furan rings is 1. The highest BCUT2D eigenvalue weighted by molar-refractivity contribution is 9.10. The molecule has 0 radical (unpaired) electrons. The summed E-state index contributed by atoms with van der Waals surface area (Å²) in [6.07, 6.45) is 4.09. The molecule has 1 fully saturated rings. The lowest BCUT2D eigenvalue weighted by atomic mass is 9.96. The summed E-state index contributed by atoms with van der Waals surface area (Å²) < 4.78 is 5.97. The van der Waals surface area contributed by atoms with Gasteiger partial charge in [0.15, 0.2) is 5.58 Å². The van der Waals surface area contributed by atoms with Gasteiger partial charge in [0.2, 0.25) is 0 Å². The maximum absolute atomic E-state index is 12.8. The van der Waals surface area contributed by atoms with Crippen molar-refractivity contribution in [1.29, 1.82) is 0 Å². The van der Waals surface area contributed by atoms with Gasteiger partial charge >= 0.3 is 6.09 Å². The summed E-state index contributed by atoms with van der Waals surface area (Å²) >= 11 is 3.34. The van der Waals surface area contributed by atoms with Crippen LogP contribution in [0.2, 0.25) is 0 Å². The van der Waals surface area contributed by atoms with E-state index in [1.807, 2.05) is 0 Å². The molecule has 2 amide bonds. The fourth-order valence-corrected chi connectivity index (χ4v) is 4.05. The van der Waals surface area contributed by atoms with Crippen molar-refractivity contribution in [2.24, 2.45) is 5.92 Å². The Bertz CT molecular complexity index is 1100. The van der Waals surface area contributed by atoms with Gasteiger partial charge in [0.05, 0.1) is 28.1 Å². The normalized spacial score (nSPS) is 18.9. The van der Waals surface area contributed by atoms with Crippen LogP contribution in [0.5, 0.6) is 0 Å². The minimum atomic E-state index is -1.08. The van der Waals surface area contributed by atoms with Crippen LogP contribution in [-0.4, -0.2) is 46.2 Å². The van der Waals surface area contributed by atoms with E-state index in [1.54, 1.807) is 18.2 Å². The number of nitrogens with zero attached hydrogens (tertiary/aromatic N) is 3. The van der Waals surface area contributed by atoms with Crippen LogP contribution in [0.3, 0.4) is 0 Å². The number of carboxylic acid groups (broad SMARTS) is 1. The van der Waals surface area contributed by atoms with E-state index in [4.69, 9.17) is 4.42 Å². The zero-order chi connectivity index (χ0) is 21.3. The van der Waals surface area contributed by atoms with E-state index >= 15 is 0 Å². The maximum atomic E-state index is 12.8.